The molecule has 0 bridgehead atoms. The number of ether oxygens (including phenoxy) is 2. The standard InChI is InChI=1S/C41H47Cl3N2O8S3Si/c1-11-56-36-32(23(2)54-58(9,10)41(6,7)8)35(47)45(36)33(37(48)52-22-24-12-16-26(17-13-24)46(50)51)38(57-39(49)40(3,4)5)53-27-18-14-25(15-19-27)34(55)28-20-30(43)31(44)21-29(28)42/h12-21,23,32,36H,11,22H2,1-10H3/t23-,32+,36-/m1/s1. The maximum atomic E-state index is 14.5. The zero-order chi connectivity index (χ0) is 43.5. The van der Waals surface area contributed by atoms with Crippen LogP contribution in [0.4, 0.5) is 5.69 Å². The predicted molar refractivity (Wildman–Crippen MR) is 241 cm³/mol. The molecule has 0 unspecified atom stereocenters. The lowest BCUT2D eigenvalue weighted by Gasteiger charge is -2.51. The molecule has 3 aromatic carbocycles. The maximum Gasteiger partial charge on any atom is 0.359 e. The summed E-state index contributed by atoms with van der Waals surface area (Å²) in [5.74, 6) is -1.10. The summed E-state index contributed by atoms with van der Waals surface area (Å²) in [4.78, 5) is 55.1. The van der Waals surface area contributed by atoms with Gasteiger partial charge in [0.05, 0.1) is 42.3 Å². The highest BCUT2D eigenvalue weighted by atomic mass is 35.5. The van der Waals surface area contributed by atoms with Gasteiger partial charge in [0.1, 0.15) is 12.4 Å². The number of halogens is 3. The second kappa shape index (κ2) is 19.2. The first-order valence-corrected chi connectivity index (χ1v) is 24.7. The van der Waals surface area contributed by atoms with E-state index in [1.165, 1.54) is 47.0 Å². The van der Waals surface area contributed by atoms with Gasteiger partial charge in [-0.15, -0.1) is 11.8 Å². The lowest BCUT2D eigenvalue weighted by molar-refractivity contribution is -0.384. The first kappa shape index (κ1) is 47.7. The lowest BCUT2D eigenvalue weighted by atomic mass is 9.92. The van der Waals surface area contributed by atoms with Crippen LogP contribution in [0.5, 0.6) is 5.75 Å². The van der Waals surface area contributed by atoms with Crippen LogP contribution < -0.4 is 4.74 Å². The van der Waals surface area contributed by atoms with E-state index in [0.29, 0.717) is 44.1 Å². The van der Waals surface area contributed by atoms with E-state index in [4.69, 9.17) is 60.9 Å². The van der Waals surface area contributed by atoms with Crippen molar-refractivity contribution in [3.8, 4) is 5.75 Å². The fourth-order valence-electron chi connectivity index (χ4n) is 5.42. The number of nitro benzene ring substituents is 1. The second-order valence-corrected chi connectivity index (χ2v) is 24.9. The molecule has 17 heteroatoms. The molecule has 1 aliphatic rings. The number of β-lactam (4-membered cyclic amide) rings is 1. The third-order valence-electron chi connectivity index (χ3n) is 9.74. The monoisotopic (exact) mass is 924 g/mol. The number of carbonyl (C=O) groups is 3. The first-order chi connectivity index (χ1) is 26.9. The number of non-ortho nitro benzene ring substituents is 1. The predicted octanol–water partition coefficient (Wildman–Crippen LogP) is 11.9. The topological polar surface area (TPSA) is 125 Å². The van der Waals surface area contributed by atoms with Gasteiger partial charge in [-0.2, -0.15) is 0 Å². The number of esters is 1. The van der Waals surface area contributed by atoms with E-state index in [-0.39, 0.29) is 54.9 Å². The smallest absolute Gasteiger partial charge is 0.359 e. The summed E-state index contributed by atoms with van der Waals surface area (Å²) in [6.45, 7) is 19.3. The molecular weight excluding hydrogens is 879 g/mol. The molecule has 312 valence electrons. The average molecular weight is 926 g/mol. The number of carbonyl (C=O) groups excluding carboxylic acids is 3. The molecule has 1 aliphatic heterocycles. The summed E-state index contributed by atoms with van der Waals surface area (Å²) < 4.78 is 18.9. The Morgan fingerprint density at radius 3 is 2.09 bits per heavy atom. The molecule has 3 aromatic rings. The van der Waals surface area contributed by atoms with Gasteiger partial charge in [0, 0.05) is 23.1 Å². The normalized spacial score (nSPS) is 16.9. The minimum atomic E-state index is -2.31. The van der Waals surface area contributed by atoms with Crippen molar-refractivity contribution in [1.29, 1.82) is 0 Å². The van der Waals surface area contributed by atoms with Crippen LogP contribution in [0.2, 0.25) is 33.2 Å². The van der Waals surface area contributed by atoms with Gasteiger partial charge < -0.3 is 13.9 Å². The minimum absolute atomic E-state index is 0.119. The van der Waals surface area contributed by atoms with Crippen molar-refractivity contribution in [2.45, 2.75) is 91.6 Å². The zero-order valence-electron chi connectivity index (χ0n) is 33.9. The van der Waals surface area contributed by atoms with Crippen molar-refractivity contribution < 1.29 is 33.2 Å². The Morgan fingerprint density at radius 2 is 1.55 bits per heavy atom. The summed E-state index contributed by atoms with van der Waals surface area (Å²) in [5, 5.41) is 10.9. The molecule has 0 aliphatic carbocycles. The van der Waals surface area contributed by atoms with Crippen molar-refractivity contribution in [3.05, 3.63) is 113 Å². The number of nitro groups is 1. The lowest BCUT2D eigenvalue weighted by Crippen LogP contribution is -2.64. The van der Waals surface area contributed by atoms with E-state index in [9.17, 15) is 24.5 Å². The van der Waals surface area contributed by atoms with Gasteiger partial charge in [-0.3, -0.25) is 24.6 Å². The molecule has 10 nitrogen and oxygen atoms in total. The van der Waals surface area contributed by atoms with Gasteiger partial charge in [-0.1, -0.05) is 95.5 Å². The number of nitrogens with zero attached hydrogens (tertiary/aromatic N) is 2. The van der Waals surface area contributed by atoms with Crippen LogP contribution in [0, 0.1) is 21.4 Å². The van der Waals surface area contributed by atoms with Crippen LogP contribution in [0.15, 0.2) is 71.5 Å². The molecule has 3 atom stereocenters. The van der Waals surface area contributed by atoms with Crippen molar-refractivity contribution in [1.82, 2.24) is 4.90 Å². The second-order valence-electron chi connectivity index (χ2n) is 16.1. The largest absolute Gasteiger partial charge is 0.456 e. The Hall–Kier alpha value is -2.95. The van der Waals surface area contributed by atoms with Gasteiger partial charge in [-0.05, 0) is 102 Å². The van der Waals surface area contributed by atoms with Crippen LogP contribution in [-0.4, -0.2) is 57.2 Å². The van der Waals surface area contributed by atoms with E-state index in [1.54, 1.807) is 51.1 Å². The fraction of sp³-hybridized carbons (Fsp3) is 0.415. The molecule has 0 N–H and O–H groups in total. The Morgan fingerprint density at radius 1 is 0.966 bits per heavy atom. The molecule has 1 heterocycles. The van der Waals surface area contributed by atoms with E-state index in [2.05, 4.69) is 33.9 Å². The molecule has 0 saturated carbocycles. The van der Waals surface area contributed by atoms with Crippen molar-refractivity contribution in [2.75, 3.05) is 5.75 Å². The van der Waals surface area contributed by atoms with E-state index in [0.717, 1.165) is 0 Å². The maximum absolute atomic E-state index is 14.5. The van der Waals surface area contributed by atoms with Crippen LogP contribution in [0.25, 0.3) is 0 Å². The zero-order valence-corrected chi connectivity index (χ0v) is 39.7. The van der Waals surface area contributed by atoms with Gasteiger partial charge in [0.25, 0.3) is 5.69 Å². The summed E-state index contributed by atoms with van der Waals surface area (Å²) in [7, 11) is -2.31. The SMILES string of the molecule is CCS[C@@H]1[C@@H]([C@@H](C)O[Si](C)(C)C(C)(C)C)C(=O)N1C(C(=O)OCc1ccc([N+](=O)[O-])cc1)=C(Oc1ccc(C(=S)c2cc(Cl)c(Cl)cc2Cl)cc1)SC(=O)C(C)(C)C. The van der Waals surface area contributed by atoms with Crippen LogP contribution in [0.1, 0.15) is 72.1 Å². The third kappa shape index (κ3) is 11.2. The van der Waals surface area contributed by atoms with Gasteiger partial charge in [0.2, 0.25) is 11.0 Å². The van der Waals surface area contributed by atoms with E-state index in [1.807, 2.05) is 13.8 Å². The molecular formula is C41H47Cl3N2O8S3Si. The Bertz CT molecular complexity index is 2100. The number of rotatable bonds is 15. The van der Waals surface area contributed by atoms with Crippen LogP contribution in [0.3, 0.4) is 0 Å². The number of hydrogen-bond donors (Lipinski definition) is 0. The quantitative estimate of drug-likeness (QED) is 0.0138. The molecule has 1 saturated heterocycles. The summed E-state index contributed by atoms with van der Waals surface area (Å²) in [5.41, 5.74) is 0.315. The number of amides is 1. The molecule has 1 fully saturated rings. The van der Waals surface area contributed by atoms with Crippen molar-refractivity contribution in [3.63, 3.8) is 0 Å². The highest BCUT2D eigenvalue weighted by Crippen LogP contribution is 2.46. The number of likely N-dealkylation sites (tertiary alicyclic amines) is 1. The van der Waals surface area contributed by atoms with Crippen molar-refractivity contribution >= 4 is 106 Å². The molecule has 1 amide bonds. The fourth-order valence-corrected chi connectivity index (χ4v) is 9.99. The Kier molecular flexibility index (Phi) is 15.8. The van der Waals surface area contributed by atoms with Crippen molar-refractivity contribution in [2.24, 2.45) is 11.3 Å². The summed E-state index contributed by atoms with van der Waals surface area (Å²) >= 11 is 26.7. The molecule has 0 spiro atoms. The van der Waals surface area contributed by atoms with Crippen LogP contribution in [-0.2, 0) is 30.2 Å². The Labute approximate surface area is 370 Å². The molecule has 0 aromatic heterocycles. The summed E-state index contributed by atoms with van der Waals surface area (Å²) in [6, 6.07) is 15.3. The average Bonchev–Trinajstić information content (AvgIpc) is 3.13. The van der Waals surface area contributed by atoms with Gasteiger partial charge in [0.15, 0.2) is 19.1 Å². The van der Waals surface area contributed by atoms with E-state index < -0.39 is 42.0 Å². The van der Waals surface area contributed by atoms with E-state index >= 15 is 0 Å². The molecule has 4 rings (SSSR count). The van der Waals surface area contributed by atoms with Gasteiger partial charge in [-0.25, -0.2) is 4.79 Å². The molecule has 0 radical (unpaired) electrons. The van der Waals surface area contributed by atoms with Crippen LogP contribution >= 0.6 is 70.5 Å². The van der Waals surface area contributed by atoms with Gasteiger partial charge >= 0.3 is 5.97 Å². The first-order valence-electron chi connectivity index (χ1n) is 18.3. The molecule has 58 heavy (non-hydrogen) atoms. The highest BCUT2D eigenvalue weighted by molar-refractivity contribution is 8.16. The highest BCUT2D eigenvalue weighted by Gasteiger charge is 2.56. The number of benzene rings is 3. The summed E-state index contributed by atoms with van der Waals surface area (Å²) in [6.07, 6.45) is -0.486. The minimum Gasteiger partial charge on any atom is -0.456 e. The third-order valence-corrected chi connectivity index (χ3v) is 18.2. The number of thiocarbonyl (C=S) groups is 1. The Balaban J connectivity index is 1.82. The number of hydrogen-bond acceptors (Lipinski definition) is 11. The number of thioether (sulfide) groups is 2.